The molecule has 0 atom stereocenters. The molecule has 0 spiro atoms. The Balaban J connectivity index is 3.24. The van der Waals surface area contributed by atoms with Crippen LogP contribution < -0.4 is 5.73 Å². The second-order valence-electron chi connectivity index (χ2n) is 2.87. The summed E-state index contributed by atoms with van der Waals surface area (Å²) < 4.78 is 13.7. The largest absolute Gasteiger partial charge is 0.504 e. The molecule has 0 aliphatic heterocycles. The van der Waals surface area contributed by atoms with E-state index in [9.17, 15) is 9.50 Å². The lowest BCUT2D eigenvalue weighted by molar-refractivity contribution is 0.424. The van der Waals surface area contributed by atoms with E-state index < -0.39 is 5.82 Å². The number of aromatic hydroxyl groups is 1. The van der Waals surface area contributed by atoms with E-state index in [0.29, 0.717) is 23.0 Å². The van der Waals surface area contributed by atoms with Crippen LogP contribution >= 0.6 is 15.9 Å². The molecular formula is C9H11BrFNO. The first kappa shape index (κ1) is 10.5. The van der Waals surface area contributed by atoms with Gasteiger partial charge in [-0.1, -0.05) is 6.07 Å². The minimum atomic E-state index is -0.581. The molecule has 0 heterocycles. The second kappa shape index (κ2) is 4.07. The van der Waals surface area contributed by atoms with E-state index in [4.69, 9.17) is 5.73 Å². The number of hydrogen-bond acceptors (Lipinski definition) is 2. The maximum atomic E-state index is 13.3. The van der Waals surface area contributed by atoms with Gasteiger partial charge in [0.15, 0.2) is 11.6 Å². The van der Waals surface area contributed by atoms with Crippen LogP contribution in [-0.2, 0) is 6.42 Å². The quantitative estimate of drug-likeness (QED) is 0.841. The minimum Gasteiger partial charge on any atom is -0.504 e. The highest BCUT2D eigenvalue weighted by Crippen LogP contribution is 2.32. The molecule has 0 bridgehead atoms. The Morgan fingerprint density at radius 1 is 1.62 bits per heavy atom. The van der Waals surface area contributed by atoms with Crippen molar-refractivity contribution in [3.05, 3.63) is 27.5 Å². The first-order chi connectivity index (χ1) is 6.07. The number of hydrogen-bond donors (Lipinski definition) is 2. The number of benzene rings is 1. The monoisotopic (exact) mass is 247 g/mol. The first-order valence-electron chi connectivity index (χ1n) is 3.94. The van der Waals surface area contributed by atoms with Gasteiger partial charge in [-0.15, -0.1) is 0 Å². The van der Waals surface area contributed by atoms with Crippen molar-refractivity contribution in [2.24, 2.45) is 5.73 Å². The van der Waals surface area contributed by atoms with E-state index in [-0.39, 0.29) is 5.75 Å². The smallest absolute Gasteiger partial charge is 0.169 e. The Hall–Kier alpha value is -0.610. The van der Waals surface area contributed by atoms with Gasteiger partial charge in [0.05, 0.1) is 4.47 Å². The zero-order chi connectivity index (χ0) is 10.0. The van der Waals surface area contributed by atoms with E-state index in [1.165, 1.54) is 0 Å². The number of halogens is 2. The summed E-state index contributed by atoms with van der Waals surface area (Å²) in [5.74, 6) is -0.911. The van der Waals surface area contributed by atoms with Crippen molar-refractivity contribution in [1.82, 2.24) is 0 Å². The van der Waals surface area contributed by atoms with Crippen LogP contribution in [0.1, 0.15) is 11.1 Å². The fraction of sp³-hybridized carbons (Fsp3) is 0.333. The summed E-state index contributed by atoms with van der Waals surface area (Å²) in [6.45, 7) is 2.17. The van der Waals surface area contributed by atoms with E-state index in [2.05, 4.69) is 15.9 Å². The van der Waals surface area contributed by atoms with Crippen LogP contribution in [-0.4, -0.2) is 11.7 Å². The fourth-order valence-electron chi connectivity index (χ4n) is 1.16. The van der Waals surface area contributed by atoms with Crippen molar-refractivity contribution in [3.8, 4) is 5.75 Å². The predicted octanol–water partition coefficient (Wildman–Crippen LogP) is 2.10. The Morgan fingerprint density at radius 3 is 2.77 bits per heavy atom. The molecule has 0 saturated heterocycles. The Kier molecular flexibility index (Phi) is 3.27. The number of aryl methyl sites for hydroxylation is 1. The van der Waals surface area contributed by atoms with Crippen LogP contribution in [0.5, 0.6) is 5.75 Å². The van der Waals surface area contributed by atoms with Crippen LogP contribution in [0, 0.1) is 12.7 Å². The normalized spacial score (nSPS) is 10.5. The molecule has 13 heavy (non-hydrogen) atoms. The van der Waals surface area contributed by atoms with Crippen LogP contribution in [0.25, 0.3) is 0 Å². The predicted molar refractivity (Wildman–Crippen MR) is 53.3 cm³/mol. The highest BCUT2D eigenvalue weighted by Gasteiger charge is 2.12. The van der Waals surface area contributed by atoms with Crippen molar-refractivity contribution in [3.63, 3.8) is 0 Å². The molecule has 0 aliphatic rings. The van der Waals surface area contributed by atoms with Gasteiger partial charge in [0.25, 0.3) is 0 Å². The SMILES string of the molecule is Cc1cc(CCN)c(F)c(O)c1Br. The second-order valence-corrected chi connectivity index (χ2v) is 3.66. The third-order valence-electron chi connectivity index (χ3n) is 1.85. The van der Waals surface area contributed by atoms with Gasteiger partial charge in [0.2, 0.25) is 0 Å². The molecule has 0 saturated carbocycles. The molecule has 0 unspecified atom stereocenters. The zero-order valence-electron chi connectivity index (χ0n) is 7.27. The highest BCUT2D eigenvalue weighted by atomic mass is 79.9. The van der Waals surface area contributed by atoms with Crippen molar-refractivity contribution < 1.29 is 9.50 Å². The lowest BCUT2D eigenvalue weighted by atomic mass is 10.1. The Morgan fingerprint density at radius 2 is 2.23 bits per heavy atom. The highest BCUT2D eigenvalue weighted by molar-refractivity contribution is 9.10. The lowest BCUT2D eigenvalue weighted by Gasteiger charge is -2.07. The molecule has 1 rings (SSSR count). The number of rotatable bonds is 2. The molecule has 0 aromatic heterocycles. The molecule has 4 heteroatoms. The van der Waals surface area contributed by atoms with Gasteiger partial charge in [-0.25, -0.2) is 4.39 Å². The van der Waals surface area contributed by atoms with Crippen LogP contribution in [0.2, 0.25) is 0 Å². The molecule has 0 aliphatic carbocycles. The average Bonchev–Trinajstić information content (AvgIpc) is 2.11. The van der Waals surface area contributed by atoms with E-state index in [1.807, 2.05) is 0 Å². The molecule has 1 aromatic rings. The van der Waals surface area contributed by atoms with Gasteiger partial charge in [0, 0.05) is 0 Å². The van der Waals surface area contributed by atoms with Crippen molar-refractivity contribution in [1.29, 1.82) is 0 Å². The maximum absolute atomic E-state index is 13.3. The zero-order valence-corrected chi connectivity index (χ0v) is 8.86. The lowest BCUT2D eigenvalue weighted by Crippen LogP contribution is -2.05. The molecule has 1 aromatic carbocycles. The maximum Gasteiger partial charge on any atom is 0.169 e. The Bertz CT molecular complexity index is 328. The molecule has 0 radical (unpaired) electrons. The third-order valence-corrected chi connectivity index (χ3v) is 2.85. The van der Waals surface area contributed by atoms with E-state index >= 15 is 0 Å². The van der Waals surface area contributed by atoms with Crippen LogP contribution in [0.3, 0.4) is 0 Å². The van der Waals surface area contributed by atoms with Gasteiger partial charge >= 0.3 is 0 Å². The summed E-state index contributed by atoms with van der Waals surface area (Å²) in [4.78, 5) is 0. The summed E-state index contributed by atoms with van der Waals surface area (Å²) in [5.41, 5.74) is 6.57. The third kappa shape index (κ3) is 2.00. The summed E-state index contributed by atoms with van der Waals surface area (Å²) in [6.07, 6.45) is 0.438. The molecule has 2 nitrogen and oxygen atoms in total. The number of phenolic OH excluding ortho intramolecular Hbond substituents is 1. The van der Waals surface area contributed by atoms with Crippen LogP contribution in [0.4, 0.5) is 4.39 Å². The van der Waals surface area contributed by atoms with Gasteiger partial charge in [-0.2, -0.15) is 0 Å². The van der Waals surface area contributed by atoms with Gasteiger partial charge in [-0.3, -0.25) is 0 Å². The van der Waals surface area contributed by atoms with E-state index in [1.54, 1.807) is 13.0 Å². The van der Waals surface area contributed by atoms with Gasteiger partial charge in [0.1, 0.15) is 0 Å². The minimum absolute atomic E-state index is 0.330. The summed E-state index contributed by atoms with van der Waals surface area (Å²) in [6, 6.07) is 1.69. The molecule has 72 valence electrons. The molecular weight excluding hydrogens is 237 g/mol. The molecule has 0 amide bonds. The number of phenols is 1. The topological polar surface area (TPSA) is 46.2 Å². The Labute approximate surface area is 84.7 Å². The first-order valence-corrected chi connectivity index (χ1v) is 4.73. The van der Waals surface area contributed by atoms with Gasteiger partial charge < -0.3 is 10.8 Å². The summed E-state index contributed by atoms with van der Waals surface area (Å²) in [7, 11) is 0. The number of nitrogens with two attached hydrogens (primary N) is 1. The standard InChI is InChI=1S/C9H11BrFNO/c1-5-4-6(2-3-12)8(11)9(13)7(5)10/h4,13H,2-3,12H2,1H3. The summed E-state index contributed by atoms with van der Waals surface area (Å²) in [5, 5.41) is 9.33. The molecule has 3 N–H and O–H groups in total. The van der Waals surface area contributed by atoms with Crippen molar-refractivity contribution in [2.45, 2.75) is 13.3 Å². The van der Waals surface area contributed by atoms with Crippen molar-refractivity contribution >= 4 is 15.9 Å². The summed E-state index contributed by atoms with van der Waals surface area (Å²) >= 11 is 3.09. The average molecular weight is 248 g/mol. The van der Waals surface area contributed by atoms with Crippen LogP contribution in [0.15, 0.2) is 10.5 Å². The molecule has 0 fully saturated rings. The van der Waals surface area contributed by atoms with E-state index in [0.717, 1.165) is 5.56 Å². The fourth-order valence-corrected chi connectivity index (χ4v) is 1.45. The van der Waals surface area contributed by atoms with Crippen molar-refractivity contribution in [2.75, 3.05) is 6.54 Å². The van der Waals surface area contributed by atoms with Gasteiger partial charge in [-0.05, 0) is 46.9 Å².